The molecule has 9 nitrogen and oxygen atoms in total. The molecule has 0 radical (unpaired) electrons. The van der Waals surface area contributed by atoms with Crippen molar-refractivity contribution in [2.45, 2.75) is 65.3 Å². The highest BCUT2D eigenvalue weighted by atomic mass is 16.6. The molecule has 0 saturated carbocycles. The number of cyclic esters (lactones) is 1. The zero-order valence-electron chi connectivity index (χ0n) is 23.0. The molecule has 206 valence electrons. The molecular weight excluding hydrogens is 508 g/mol. The molecule has 1 amide bonds. The number of nitrogens with one attached hydrogen (secondary N) is 1. The molecule has 40 heavy (non-hydrogen) atoms. The van der Waals surface area contributed by atoms with Gasteiger partial charge in [-0.25, -0.2) is 9.78 Å². The molecule has 2 aromatic heterocycles. The molecule has 2 atom stereocenters. The summed E-state index contributed by atoms with van der Waals surface area (Å²) >= 11 is 0. The number of pyridine rings is 2. The first-order valence-corrected chi connectivity index (χ1v) is 13.6. The van der Waals surface area contributed by atoms with Gasteiger partial charge in [0.05, 0.1) is 35.1 Å². The number of nitrogens with two attached hydrogens (primary N) is 1. The molecule has 0 unspecified atom stereocenters. The number of hydrogen-bond donors (Lipinski definition) is 3. The lowest BCUT2D eigenvalue weighted by molar-refractivity contribution is -0.172. The number of esters is 1. The fourth-order valence-electron chi connectivity index (χ4n) is 5.96. The van der Waals surface area contributed by atoms with Gasteiger partial charge in [0.25, 0.3) is 5.56 Å². The van der Waals surface area contributed by atoms with Crippen LogP contribution in [0.1, 0.15) is 56.4 Å². The van der Waals surface area contributed by atoms with E-state index in [9.17, 15) is 19.5 Å². The van der Waals surface area contributed by atoms with E-state index in [1.165, 1.54) is 0 Å². The van der Waals surface area contributed by atoms with Crippen LogP contribution in [0.3, 0.4) is 0 Å². The van der Waals surface area contributed by atoms with Gasteiger partial charge < -0.3 is 25.5 Å². The van der Waals surface area contributed by atoms with Crippen LogP contribution in [0, 0.1) is 5.92 Å². The fraction of sp³-hybridized carbons (Fsp3) is 0.355. The van der Waals surface area contributed by atoms with Gasteiger partial charge in [-0.2, -0.15) is 0 Å². The Hall–Kier alpha value is -4.08. The number of carbonyl (C=O) groups is 2. The van der Waals surface area contributed by atoms with E-state index >= 15 is 0 Å². The minimum absolute atomic E-state index is 0.0894. The maximum atomic E-state index is 13.7. The molecule has 0 fully saturated rings. The number of rotatable bonds is 5. The second-order valence-corrected chi connectivity index (χ2v) is 11.3. The topological polar surface area (TPSA) is 137 Å². The third-order valence-electron chi connectivity index (χ3n) is 8.08. The summed E-state index contributed by atoms with van der Waals surface area (Å²) in [6, 6.07) is 10.8. The van der Waals surface area contributed by atoms with E-state index in [-0.39, 0.29) is 24.5 Å². The van der Waals surface area contributed by atoms with Gasteiger partial charge in [-0.3, -0.25) is 9.59 Å². The summed E-state index contributed by atoms with van der Waals surface area (Å²) in [7, 11) is 0. The number of benzene rings is 2. The molecule has 6 rings (SSSR count). The van der Waals surface area contributed by atoms with Crippen molar-refractivity contribution < 1.29 is 19.4 Å². The minimum Gasteiger partial charge on any atom is -0.458 e. The van der Waals surface area contributed by atoms with Crippen molar-refractivity contribution in [3.8, 4) is 11.4 Å². The average Bonchev–Trinajstić information content (AvgIpc) is 3.29. The van der Waals surface area contributed by atoms with Crippen molar-refractivity contribution in [2.75, 3.05) is 5.32 Å². The van der Waals surface area contributed by atoms with Crippen LogP contribution in [-0.2, 0) is 39.5 Å². The van der Waals surface area contributed by atoms with Gasteiger partial charge >= 0.3 is 5.97 Å². The first-order valence-electron chi connectivity index (χ1n) is 13.6. The summed E-state index contributed by atoms with van der Waals surface area (Å²) in [5, 5.41) is 17.0. The highest BCUT2D eigenvalue weighted by molar-refractivity contribution is 6.11. The number of anilines is 1. The van der Waals surface area contributed by atoms with Gasteiger partial charge in [-0.15, -0.1) is 0 Å². The molecule has 4 aromatic rings. The minimum atomic E-state index is -1.87. The molecule has 4 N–H and O–H groups in total. The fourth-order valence-corrected chi connectivity index (χ4v) is 5.96. The first-order chi connectivity index (χ1) is 19.0. The van der Waals surface area contributed by atoms with Crippen LogP contribution in [0.25, 0.3) is 33.1 Å². The first kappa shape index (κ1) is 26.2. The number of carbonyl (C=O) groups excluding carboxylic acids is 2. The van der Waals surface area contributed by atoms with Gasteiger partial charge in [0.2, 0.25) is 5.91 Å². The van der Waals surface area contributed by atoms with Crippen molar-refractivity contribution in [2.24, 2.45) is 11.7 Å². The smallest absolute Gasteiger partial charge is 0.343 e. The monoisotopic (exact) mass is 540 g/mol. The van der Waals surface area contributed by atoms with Crippen molar-refractivity contribution in [1.29, 1.82) is 0 Å². The van der Waals surface area contributed by atoms with E-state index in [0.29, 0.717) is 40.7 Å². The molecule has 2 aliphatic heterocycles. The zero-order valence-corrected chi connectivity index (χ0v) is 23.0. The normalized spacial score (nSPS) is 18.4. The number of aliphatic hydroxyl groups is 1. The number of nitrogens with zero attached hydrogens (tertiary/aromatic N) is 2. The SMILES string of the molecule is CC[C@@]1(O)C(=O)OCc2c1cc1n(c2=O)Cc2c-1nc1ccc3ccc(NC(=O)[C@H](C)N)cc3c1c2CC(C)C. The van der Waals surface area contributed by atoms with Crippen molar-refractivity contribution in [1.82, 2.24) is 9.55 Å². The van der Waals surface area contributed by atoms with Crippen LogP contribution < -0.4 is 16.6 Å². The molecule has 9 heteroatoms. The Morgan fingerprint density at radius 1 is 1.18 bits per heavy atom. The van der Waals surface area contributed by atoms with Gasteiger partial charge in [-0.1, -0.05) is 32.9 Å². The van der Waals surface area contributed by atoms with Gasteiger partial charge in [-0.05, 0) is 66.3 Å². The van der Waals surface area contributed by atoms with Crippen molar-refractivity contribution >= 4 is 39.2 Å². The number of hydrogen-bond acceptors (Lipinski definition) is 7. The van der Waals surface area contributed by atoms with Crippen LogP contribution >= 0.6 is 0 Å². The lowest BCUT2D eigenvalue weighted by atomic mass is 9.86. The largest absolute Gasteiger partial charge is 0.458 e. The predicted octanol–water partition coefficient (Wildman–Crippen LogP) is 3.72. The Morgan fingerprint density at radius 2 is 1.93 bits per heavy atom. The number of aromatic nitrogens is 2. The summed E-state index contributed by atoms with van der Waals surface area (Å²) in [5.41, 5.74) is 8.94. The average molecular weight is 541 g/mol. The van der Waals surface area contributed by atoms with Crippen LogP contribution in [0.5, 0.6) is 0 Å². The summed E-state index contributed by atoms with van der Waals surface area (Å²) in [4.78, 5) is 43.6. The number of ether oxygens (including phenoxy) is 1. The van der Waals surface area contributed by atoms with Gasteiger partial charge in [0, 0.05) is 22.2 Å². The standard InChI is InChI=1S/C31H32N4O5/c1-5-31(39)23-12-25-27-21(13-35(25)29(37)22(23)14-40-30(31)38)20(10-15(2)3)26-19-11-18(33-28(36)16(4)32)8-6-17(19)7-9-24(26)34-27/h6-9,11-12,15-16,39H,5,10,13-14,32H2,1-4H3,(H,33,36)/t16-,31-/m0/s1. The molecule has 0 aliphatic carbocycles. The lowest BCUT2D eigenvalue weighted by Gasteiger charge is -2.31. The number of fused-ring (bicyclic) bond motifs is 7. The summed E-state index contributed by atoms with van der Waals surface area (Å²) in [5.74, 6) is -0.694. The number of amides is 1. The maximum absolute atomic E-state index is 13.7. The molecule has 0 saturated heterocycles. The van der Waals surface area contributed by atoms with Crippen LogP contribution in [0.4, 0.5) is 5.69 Å². The van der Waals surface area contributed by atoms with E-state index in [0.717, 1.165) is 39.2 Å². The predicted molar refractivity (Wildman–Crippen MR) is 153 cm³/mol. The molecule has 0 bridgehead atoms. The molecule has 2 aliphatic rings. The molecule has 2 aromatic carbocycles. The maximum Gasteiger partial charge on any atom is 0.343 e. The van der Waals surface area contributed by atoms with E-state index < -0.39 is 17.6 Å². The Balaban J connectivity index is 1.62. The molecular formula is C31H32N4O5. The second-order valence-electron chi connectivity index (χ2n) is 11.3. The van der Waals surface area contributed by atoms with E-state index in [2.05, 4.69) is 19.2 Å². The third kappa shape index (κ3) is 3.83. The van der Waals surface area contributed by atoms with Crippen molar-refractivity contribution in [3.05, 3.63) is 69.0 Å². The van der Waals surface area contributed by atoms with Crippen LogP contribution in [0.2, 0.25) is 0 Å². The third-order valence-corrected chi connectivity index (χ3v) is 8.08. The van der Waals surface area contributed by atoms with E-state index in [4.69, 9.17) is 15.5 Å². The van der Waals surface area contributed by atoms with Gasteiger partial charge in [0.15, 0.2) is 5.60 Å². The van der Waals surface area contributed by atoms with Crippen LogP contribution in [0.15, 0.2) is 41.2 Å². The van der Waals surface area contributed by atoms with Gasteiger partial charge in [0.1, 0.15) is 6.61 Å². The highest BCUT2D eigenvalue weighted by Gasteiger charge is 2.45. The Kier molecular flexibility index (Phi) is 6.05. The second kappa shape index (κ2) is 9.25. The summed E-state index contributed by atoms with van der Waals surface area (Å²) < 4.78 is 6.89. The van der Waals surface area contributed by atoms with E-state index in [1.807, 2.05) is 30.3 Å². The quantitative estimate of drug-likeness (QED) is 0.228. The van der Waals surface area contributed by atoms with Crippen molar-refractivity contribution in [3.63, 3.8) is 0 Å². The summed E-state index contributed by atoms with van der Waals surface area (Å²) in [6.45, 7) is 7.79. The molecule has 4 heterocycles. The lowest BCUT2D eigenvalue weighted by Crippen LogP contribution is -2.44. The van der Waals surface area contributed by atoms with Crippen LogP contribution in [-0.4, -0.2) is 32.6 Å². The molecule has 0 spiro atoms. The highest BCUT2D eigenvalue weighted by Crippen LogP contribution is 2.42. The summed E-state index contributed by atoms with van der Waals surface area (Å²) in [6.07, 6.45) is 0.839. The Labute approximate surface area is 231 Å². The zero-order chi connectivity index (χ0) is 28.5. The Bertz CT molecular complexity index is 1810. The van der Waals surface area contributed by atoms with E-state index in [1.54, 1.807) is 24.5 Å². The Morgan fingerprint density at radius 3 is 2.62 bits per heavy atom.